The first-order chi connectivity index (χ1) is 9.16. The molecule has 0 radical (unpaired) electrons. The van der Waals surface area contributed by atoms with Crippen LogP contribution < -0.4 is 5.56 Å². The van der Waals surface area contributed by atoms with Crippen molar-refractivity contribution in [1.82, 2.24) is 4.57 Å². The molecule has 1 aliphatic carbocycles. The van der Waals surface area contributed by atoms with Crippen LogP contribution in [0.4, 0.5) is 0 Å². The Balaban J connectivity index is 1.91. The highest BCUT2D eigenvalue weighted by atomic mass is 16.4. The zero-order chi connectivity index (χ0) is 13.4. The number of pyridine rings is 1. The molecule has 1 N–H and O–H groups in total. The third-order valence-corrected chi connectivity index (χ3v) is 3.53. The molecule has 19 heavy (non-hydrogen) atoms. The molecule has 3 rings (SSSR count). The lowest BCUT2D eigenvalue weighted by Crippen LogP contribution is -2.19. The zero-order valence-electron chi connectivity index (χ0n) is 10.2. The molecule has 1 saturated carbocycles. The van der Waals surface area contributed by atoms with Crippen molar-refractivity contribution in [2.75, 3.05) is 0 Å². The van der Waals surface area contributed by atoms with Gasteiger partial charge in [0.25, 0.3) is 5.56 Å². The number of benzene rings is 1. The van der Waals surface area contributed by atoms with Crippen LogP contribution in [0.3, 0.4) is 0 Å². The van der Waals surface area contributed by atoms with Crippen molar-refractivity contribution in [3.8, 4) is 0 Å². The van der Waals surface area contributed by atoms with Gasteiger partial charge in [0.2, 0.25) is 0 Å². The summed E-state index contributed by atoms with van der Waals surface area (Å²) in [5.41, 5.74) is 1.20. The standard InChI is InChI=1S/C15H13NO3/c17-14-7-6-11(15(18)19)9-16(14)13-8-12(13)10-4-2-1-3-5-10/h1-7,9,12-13H,8H2,(H,18,19). The van der Waals surface area contributed by atoms with E-state index in [1.165, 1.54) is 23.9 Å². The number of rotatable bonds is 3. The molecular weight excluding hydrogens is 242 g/mol. The molecule has 1 fully saturated rings. The lowest BCUT2D eigenvalue weighted by atomic mass is 10.1. The van der Waals surface area contributed by atoms with Gasteiger partial charge in [-0.15, -0.1) is 0 Å². The second-order valence-electron chi connectivity index (χ2n) is 4.79. The molecule has 0 bridgehead atoms. The van der Waals surface area contributed by atoms with Gasteiger partial charge in [-0.1, -0.05) is 30.3 Å². The van der Waals surface area contributed by atoms with Crippen molar-refractivity contribution >= 4 is 5.97 Å². The number of carbonyl (C=O) groups is 1. The van der Waals surface area contributed by atoms with E-state index in [1.54, 1.807) is 4.57 Å². The normalized spacial score (nSPS) is 21.1. The molecule has 1 aromatic heterocycles. The number of carboxylic acid groups (broad SMARTS) is 1. The number of hydrogen-bond donors (Lipinski definition) is 1. The fraction of sp³-hybridized carbons (Fsp3) is 0.200. The van der Waals surface area contributed by atoms with Crippen LogP contribution in [0.5, 0.6) is 0 Å². The average Bonchev–Trinajstić information content (AvgIpc) is 3.20. The topological polar surface area (TPSA) is 59.3 Å². The summed E-state index contributed by atoms with van der Waals surface area (Å²) in [6.45, 7) is 0. The maximum absolute atomic E-state index is 11.8. The molecule has 1 aliphatic rings. The molecule has 1 heterocycles. The SMILES string of the molecule is O=C(O)c1ccc(=O)n(C2CC2c2ccccc2)c1. The Labute approximate surface area is 109 Å². The van der Waals surface area contributed by atoms with E-state index in [9.17, 15) is 9.59 Å². The van der Waals surface area contributed by atoms with Crippen LogP contribution in [0.2, 0.25) is 0 Å². The summed E-state index contributed by atoms with van der Waals surface area (Å²) in [5, 5.41) is 8.97. The third-order valence-electron chi connectivity index (χ3n) is 3.53. The molecule has 2 aromatic rings. The minimum atomic E-state index is -1.01. The van der Waals surface area contributed by atoms with Crippen molar-refractivity contribution in [2.24, 2.45) is 0 Å². The largest absolute Gasteiger partial charge is 0.478 e. The number of aromatic nitrogens is 1. The van der Waals surface area contributed by atoms with Crippen LogP contribution in [0.15, 0.2) is 53.5 Å². The van der Waals surface area contributed by atoms with E-state index in [1.807, 2.05) is 30.3 Å². The molecule has 0 saturated heterocycles. The van der Waals surface area contributed by atoms with Crippen LogP contribution in [0, 0.1) is 0 Å². The van der Waals surface area contributed by atoms with Gasteiger partial charge < -0.3 is 9.67 Å². The minimum absolute atomic E-state index is 0.0780. The summed E-state index contributed by atoms with van der Waals surface area (Å²) in [6.07, 6.45) is 2.32. The first-order valence-electron chi connectivity index (χ1n) is 6.17. The highest BCUT2D eigenvalue weighted by Gasteiger charge is 2.40. The summed E-state index contributed by atoms with van der Waals surface area (Å²) >= 11 is 0. The lowest BCUT2D eigenvalue weighted by molar-refractivity contribution is 0.0696. The van der Waals surface area contributed by atoms with Crippen molar-refractivity contribution < 1.29 is 9.90 Å². The van der Waals surface area contributed by atoms with E-state index in [0.717, 1.165) is 6.42 Å². The zero-order valence-corrected chi connectivity index (χ0v) is 10.2. The lowest BCUT2D eigenvalue weighted by Gasteiger charge is -2.06. The second-order valence-corrected chi connectivity index (χ2v) is 4.79. The first-order valence-corrected chi connectivity index (χ1v) is 6.17. The van der Waals surface area contributed by atoms with E-state index in [-0.39, 0.29) is 17.2 Å². The number of aromatic carboxylic acids is 1. The van der Waals surface area contributed by atoms with Crippen LogP contribution in [0.1, 0.15) is 34.3 Å². The Morgan fingerprint density at radius 3 is 2.58 bits per heavy atom. The summed E-state index contributed by atoms with van der Waals surface area (Å²) in [7, 11) is 0. The van der Waals surface area contributed by atoms with Crippen molar-refractivity contribution in [3.63, 3.8) is 0 Å². The van der Waals surface area contributed by atoms with Crippen LogP contribution in [0.25, 0.3) is 0 Å². The van der Waals surface area contributed by atoms with Gasteiger partial charge in [0, 0.05) is 24.2 Å². The van der Waals surface area contributed by atoms with E-state index in [0.29, 0.717) is 5.92 Å². The number of carboxylic acids is 1. The molecule has 2 atom stereocenters. The smallest absolute Gasteiger partial charge is 0.337 e. The average molecular weight is 255 g/mol. The summed E-state index contributed by atoms with van der Waals surface area (Å²) in [4.78, 5) is 22.8. The van der Waals surface area contributed by atoms with Gasteiger partial charge in [0.15, 0.2) is 0 Å². The van der Waals surface area contributed by atoms with Crippen LogP contribution in [-0.4, -0.2) is 15.6 Å². The molecule has 0 amide bonds. The summed E-state index contributed by atoms with van der Waals surface area (Å²) in [6, 6.07) is 12.7. The minimum Gasteiger partial charge on any atom is -0.478 e. The maximum Gasteiger partial charge on any atom is 0.337 e. The van der Waals surface area contributed by atoms with Gasteiger partial charge in [0.05, 0.1) is 5.56 Å². The Kier molecular flexibility index (Phi) is 2.71. The van der Waals surface area contributed by atoms with Gasteiger partial charge in [-0.05, 0) is 18.1 Å². The maximum atomic E-state index is 11.8. The third kappa shape index (κ3) is 2.17. The van der Waals surface area contributed by atoms with Gasteiger partial charge >= 0.3 is 5.97 Å². The van der Waals surface area contributed by atoms with Crippen molar-refractivity contribution in [3.05, 3.63) is 70.1 Å². The second kappa shape index (κ2) is 4.39. The highest BCUT2D eigenvalue weighted by Crippen LogP contribution is 2.50. The molecule has 4 nitrogen and oxygen atoms in total. The van der Waals surface area contributed by atoms with E-state index in [2.05, 4.69) is 0 Å². The first kappa shape index (κ1) is 11.7. The highest BCUT2D eigenvalue weighted by molar-refractivity contribution is 5.87. The monoisotopic (exact) mass is 255 g/mol. The number of nitrogens with zero attached hydrogens (tertiary/aromatic N) is 1. The van der Waals surface area contributed by atoms with Crippen molar-refractivity contribution in [2.45, 2.75) is 18.4 Å². The van der Waals surface area contributed by atoms with Crippen LogP contribution >= 0.6 is 0 Å². The predicted molar refractivity (Wildman–Crippen MR) is 70.5 cm³/mol. The molecular formula is C15H13NO3. The van der Waals surface area contributed by atoms with Gasteiger partial charge in [-0.25, -0.2) is 4.79 Å². The van der Waals surface area contributed by atoms with Crippen LogP contribution in [-0.2, 0) is 0 Å². The fourth-order valence-electron chi connectivity index (χ4n) is 2.44. The molecule has 2 unspecified atom stereocenters. The summed E-state index contributed by atoms with van der Waals surface area (Å²) in [5.74, 6) is -0.700. The molecule has 0 spiro atoms. The molecule has 96 valence electrons. The van der Waals surface area contributed by atoms with Gasteiger partial charge in [0.1, 0.15) is 0 Å². The van der Waals surface area contributed by atoms with E-state index < -0.39 is 5.97 Å². The predicted octanol–water partition coefficient (Wildman–Crippen LogP) is 2.28. The molecule has 4 heteroatoms. The summed E-state index contributed by atoms with van der Waals surface area (Å²) < 4.78 is 1.54. The Hall–Kier alpha value is -2.36. The Morgan fingerprint density at radius 2 is 1.89 bits per heavy atom. The van der Waals surface area contributed by atoms with E-state index >= 15 is 0 Å². The van der Waals surface area contributed by atoms with Gasteiger partial charge in [-0.2, -0.15) is 0 Å². The van der Waals surface area contributed by atoms with Crippen molar-refractivity contribution in [1.29, 1.82) is 0 Å². The van der Waals surface area contributed by atoms with Gasteiger partial charge in [-0.3, -0.25) is 4.79 Å². The molecule has 0 aliphatic heterocycles. The number of hydrogen-bond acceptors (Lipinski definition) is 2. The quantitative estimate of drug-likeness (QED) is 0.915. The molecule has 1 aromatic carbocycles. The fourth-order valence-corrected chi connectivity index (χ4v) is 2.44. The Morgan fingerprint density at radius 1 is 1.16 bits per heavy atom. The Bertz CT molecular complexity index is 675. The van der Waals surface area contributed by atoms with E-state index in [4.69, 9.17) is 5.11 Å².